The average Bonchev–Trinajstić information content (AvgIpc) is 2.86. The second-order valence-corrected chi connectivity index (χ2v) is 5.50. The van der Waals surface area contributed by atoms with E-state index >= 15 is 0 Å². The number of nitrogens with zero attached hydrogens (tertiary/aromatic N) is 1. The van der Waals surface area contributed by atoms with Crippen LogP contribution in [0.3, 0.4) is 0 Å². The third-order valence-electron chi connectivity index (χ3n) is 4.12. The maximum atomic E-state index is 12.0. The molecule has 1 aliphatic rings. The lowest BCUT2D eigenvalue weighted by Gasteiger charge is -2.22. The molecule has 2 rings (SSSR count). The lowest BCUT2D eigenvalue weighted by molar-refractivity contribution is -0.127. The molecule has 0 radical (unpaired) electrons. The van der Waals surface area contributed by atoms with E-state index in [1.807, 2.05) is 23.1 Å². The summed E-state index contributed by atoms with van der Waals surface area (Å²) >= 11 is 0. The molecule has 116 valence electrons. The number of hydrogen-bond acceptors (Lipinski definition) is 4. The fourth-order valence-corrected chi connectivity index (χ4v) is 2.73. The van der Waals surface area contributed by atoms with Crippen LogP contribution in [0.4, 0.5) is 0 Å². The lowest BCUT2D eigenvalue weighted by Crippen LogP contribution is -2.33. The Bertz CT molecular complexity index is 504. The Kier molecular flexibility index (Phi) is 5.07. The summed E-state index contributed by atoms with van der Waals surface area (Å²) in [5, 5.41) is 0. The Morgan fingerprint density at radius 3 is 2.62 bits per heavy atom. The highest BCUT2D eigenvalue weighted by Crippen LogP contribution is 2.30. The maximum absolute atomic E-state index is 12.0. The Morgan fingerprint density at radius 1 is 1.33 bits per heavy atom. The first-order valence-electron chi connectivity index (χ1n) is 7.34. The minimum absolute atomic E-state index is 0.206. The summed E-state index contributed by atoms with van der Waals surface area (Å²) in [7, 11) is 3.20. The van der Waals surface area contributed by atoms with Crippen molar-refractivity contribution in [2.24, 2.45) is 11.7 Å². The van der Waals surface area contributed by atoms with Crippen LogP contribution in [-0.2, 0) is 4.79 Å². The first-order valence-corrected chi connectivity index (χ1v) is 7.34. The van der Waals surface area contributed by atoms with Gasteiger partial charge in [-0.3, -0.25) is 4.79 Å². The molecule has 0 spiro atoms. The second kappa shape index (κ2) is 6.80. The van der Waals surface area contributed by atoms with Crippen molar-refractivity contribution < 1.29 is 14.3 Å². The minimum atomic E-state index is -0.218. The fraction of sp³-hybridized carbons (Fsp3) is 0.562. The number of nitrogens with two attached hydrogens (primary N) is 1. The Hall–Kier alpha value is -1.75. The highest BCUT2D eigenvalue weighted by molar-refractivity contribution is 5.78. The molecule has 1 aromatic rings. The highest BCUT2D eigenvalue weighted by atomic mass is 16.5. The zero-order chi connectivity index (χ0) is 15.4. The average molecular weight is 292 g/mol. The number of carbonyl (C=O) groups is 1. The molecule has 1 amide bonds. The van der Waals surface area contributed by atoms with Gasteiger partial charge in [-0.1, -0.05) is 19.4 Å². The van der Waals surface area contributed by atoms with Crippen molar-refractivity contribution >= 4 is 5.91 Å². The van der Waals surface area contributed by atoms with Gasteiger partial charge in [-0.25, -0.2) is 0 Å². The molecular weight excluding hydrogens is 268 g/mol. The molecule has 2 N–H and O–H groups in total. The second-order valence-electron chi connectivity index (χ2n) is 5.50. The van der Waals surface area contributed by atoms with Crippen molar-refractivity contribution in [2.75, 3.05) is 27.3 Å². The quantitative estimate of drug-likeness (QED) is 0.870. The predicted molar refractivity (Wildman–Crippen MR) is 81.5 cm³/mol. The summed E-state index contributed by atoms with van der Waals surface area (Å²) < 4.78 is 10.5. The van der Waals surface area contributed by atoms with E-state index in [1.54, 1.807) is 14.2 Å². The number of hydrogen-bond donors (Lipinski definition) is 1. The van der Waals surface area contributed by atoms with Gasteiger partial charge in [0.25, 0.3) is 0 Å². The van der Waals surface area contributed by atoms with Crippen LogP contribution in [0.2, 0.25) is 0 Å². The number of rotatable bonds is 6. The van der Waals surface area contributed by atoms with E-state index in [-0.39, 0.29) is 11.9 Å². The molecule has 1 saturated heterocycles. The summed E-state index contributed by atoms with van der Waals surface area (Å²) in [5.41, 5.74) is 7.19. The van der Waals surface area contributed by atoms with Crippen molar-refractivity contribution in [3.63, 3.8) is 0 Å². The number of benzene rings is 1. The highest BCUT2D eigenvalue weighted by Gasteiger charge is 2.29. The van der Waals surface area contributed by atoms with Gasteiger partial charge in [0, 0.05) is 25.6 Å². The molecule has 0 aromatic heterocycles. The standard InChI is InChI=1S/C16H24N2O3/c1-4-11-7-16(19)18(9-11)10-13(17)12-5-6-14(20-2)15(8-12)21-3/h5-6,8,11,13H,4,7,9-10,17H2,1-3H3. The molecule has 0 bridgehead atoms. The van der Waals surface area contributed by atoms with Gasteiger partial charge in [0.1, 0.15) is 0 Å². The summed E-state index contributed by atoms with van der Waals surface area (Å²) in [5.74, 6) is 2.01. The molecule has 0 aliphatic carbocycles. The van der Waals surface area contributed by atoms with E-state index in [4.69, 9.17) is 15.2 Å². The van der Waals surface area contributed by atoms with Crippen LogP contribution in [0, 0.1) is 5.92 Å². The van der Waals surface area contributed by atoms with Crippen LogP contribution >= 0.6 is 0 Å². The summed E-state index contributed by atoms with van der Waals surface area (Å²) in [6, 6.07) is 5.42. The van der Waals surface area contributed by atoms with Gasteiger partial charge in [0.2, 0.25) is 5.91 Å². The molecule has 0 saturated carbocycles. The molecule has 5 nitrogen and oxygen atoms in total. The van der Waals surface area contributed by atoms with Gasteiger partial charge in [0.15, 0.2) is 11.5 Å². The molecule has 5 heteroatoms. The summed E-state index contributed by atoms with van der Waals surface area (Å²) in [6.07, 6.45) is 1.68. The van der Waals surface area contributed by atoms with Crippen LogP contribution in [0.1, 0.15) is 31.4 Å². The Balaban J connectivity index is 2.06. The summed E-state index contributed by atoms with van der Waals surface area (Å²) in [4.78, 5) is 13.8. The van der Waals surface area contributed by atoms with Crippen LogP contribution in [0.15, 0.2) is 18.2 Å². The van der Waals surface area contributed by atoms with Gasteiger partial charge in [0.05, 0.1) is 14.2 Å². The smallest absolute Gasteiger partial charge is 0.222 e. The zero-order valence-electron chi connectivity index (χ0n) is 13.0. The molecule has 2 atom stereocenters. The lowest BCUT2D eigenvalue weighted by atomic mass is 10.1. The Labute approximate surface area is 126 Å². The monoisotopic (exact) mass is 292 g/mol. The van der Waals surface area contributed by atoms with E-state index in [0.717, 1.165) is 18.5 Å². The van der Waals surface area contributed by atoms with Gasteiger partial charge in [-0.2, -0.15) is 0 Å². The van der Waals surface area contributed by atoms with E-state index in [0.29, 0.717) is 30.4 Å². The number of amides is 1. The van der Waals surface area contributed by atoms with E-state index in [9.17, 15) is 4.79 Å². The number of ether oxygens (including phenoxy) is 2. The normalized spacial score (nSPS) is 19.7. The van der Waals surface area contributed by atoms with Crippen molar-refractivity contribution in [1.29, 1.82) is 0 Å². The molecule has 1 heterocycles. The Morgan fingerprint density at radius 2 is 2.05 bits per heavy atom. The van der Waals surface area contributed by atoms with Crippen LogP contribution in [0.5, 0.6) is 11.5 Å². The number of likely N-dealkylation sites (tertiary alicyclic amines) is 1. The van der Waals surface area contributed by atoms with Gasteiger partial charge >= 0.3 is 0 Å². The van der Waals surface area contributed by atoms with Crippen molar-refractivity contribution in [1.82, 2.24) is 4.90 Å². The first kappa shape index (κ1) is 15.6. The van der Waals surface area contributed by atoms with E-state index in [2.05, 4.69) is 6.92 Å². The van der Waals surface area contributed by atoms with Crippen LogP contribution < -0.4 is 15.2 Å². The summed E-state index contributed by atoms with van der Waals surface area (Å²) in [6.45, 7) is 3.48. The third-order valence-corrected chi connectivity index (χ3v) is 4.12. The van der Waals surface area contributed by atoms with E-state index < -0.39 is 0 Å². The predicted octanol–water partition coefficient (Wildman–Crippen LogP) is 1.96. The van der Waals surface area contributed by atoms with Crippen molar-refractivity contribution in [2.45, 2.75) is 25.8 Å². The van der Waals surface area contributed by atoms with Crippen molar-refractivity contribution in [3.8, 4) is 11.5 Å². The van der Waals surface area contributed by atoms with Gasteiger partial charge in [-0.05, 0) is 23.6 Å². The first-order chi connectivity index (χ1) is 10.1. The van der Waals surface area contributed by atoms with Crippen molar-refractivity contribution in [3.05, 3.63) is 23.8 Å². The van der Waals surface area contributed by atoms with Gasteiger partial charge < -0.3 is 20.1 Å². The van der Waals surface area contributed by atoms with Crippen LogP contribution in [-0.4, -0.2) is 38.1 Å². The molecule has 1 aromatic carbocycles. The topological polar surface area (TPSA) is 64.8 Å². The van der Waals surface area contributed by atoms with Crippen LogP contribution in [0.25, 0.3) is 0 Å². The zero-order valence-corrected chi connectivity index (χ0v) is 13.0. The number of methoxy groups -OCH3 is 2. The maximum Gasteiger partial charge on any atom is 0.222 e. The molecule has 21 heavy (non-hydrogen) atoms. The molecule has 1 aliphatic heterocycles. The fourth-order valence-electron chi connectivity index (χ4n) is 2.73. The minimum Gasteiger partial charge on any atom is -0.493 e. The molecule has 2 unspecified atom stereocenters. The largest absolute Gasteiger partial charge is 0.493 e. The van der Waals surface area contributed by atoms with Gasteiger partial charge in [-0.15, -0.1) is 0 Å². The third kappa shape index (κ3) is 3.47. The molecule has 1 fully saturated rings. The number of carbonyl (C=O) groups excluding carboxylic acids is 1. The SMILES string of the molecule is CCC1CC(=O)N(CC(N)c2ccc(OC)c(OC)c2)C1. The van der Waals surface area contributed by atoms with E-state index in [1.165, 1.54) is 0 Å². The molecular formula is C16H24N2O3.